The molecule has 0 saturated heterocycles. The van der Waals surface area contributed by atoms with Gasteiger partial charge >= 0.3 is 0 Å². The molecule has 13 aromatic rings. The maximum Gasteiger partial charge on any atom is 0.0529 e. The van der Waals surface area contributed by atoms with Crippen molar-refractivity contribution in [2.24, 2.45) is 27.6 Å². The molecule has 1 saturated carbocycles. The molecule has 0 bridgehead atoms. The van der Waals surface area contributed by atoms with Crippen molar-refractivity contribution in [2.45, 2.75) is 97.3 Å². The topological polar surface area (TPSA) is 0 Å². The molecule has 13 aromatic carbocycles. The monoisotopic (exact) mass is 1310 g/mol. The van der Waals surface area contributed by atoms with E-state index in [1.54, 1.807) is 0 Å². The zero-order chi connectivity index (χ0) is 69.6. The van der Waals surface area contributed by atoms with E-state index in [-0.39, 0.29) is 5.92 Å². The fourth-order valence-electron chi connectivity index (χ4n) is 22.1. The Morgan fingerprint density at radius 3 is 1.35 bits per heavy atom. The van der Waals surface area contributed by atoms with Gasteiger partial charge < -0.3 is 0 Å². The molecule has 0 radical (unpaired) electrons. The van der Waals surface area contributed by atoms with Gasteiger partial charge in [0, 0.05) is 27.1 Å². The minimum absolute atomic E-state index is 0.0500. The summed E-state index contributed by atoms with van der Waals surface area (Å²) in [5.74, 6) is -0.0500. The third-order valence-corrected chi connectivity index (χ3v) is 26.3. The molecule has 498 valence electrons. The van der Waals surface area contributed by atoms with E-state index in [1.807, 2.05) is 0 Å². The van der Waals surface area contributed by atoms with Crippen LogP contribution >= 0.6 is 0 Å². The third kappa shape index (κ3) is 8.75. The molecule has 0 spiro atoms. The number of fused-ring (bicyclic) bond motifs is 7. The molecule has 1 fully saturated rings. The Labute approximate surface area is 604 Å². The smallest absolute Gasteiger partial charge is 0.0529 e. The maximum atomic E-state index is 2.87. The number of hydrogen-bond acceptors (Lipinski definition) is 0. The van der Waals surface area contributed by atoms with Crippen LogP contribution in [0.4, 0.5) is 0 Å². The van der Waals surface area contributed by atoms with Gasteiger partial charge in [-0.25, -0.2) is 0 Å². The molecule has 0 nitrogen and oxygen atoms in total. The summed E-state index contributed by atoms with van der Waals surface area (Å²) < 4.78 is 0. The zero-order valence-corrected chi connectivity index (χ0v) is 60.3. The average molecular weight is 1320 g/mol. The van der Waals surface area contributed by atoms with Crippen molar-refractivity contribution in [3.8, 4) is 0 Å². The molecule has 17 rings (SSSR count). The van der Waals surface area contributed by atoms with Crippen LogP contribution in [0.15, 0.2) is 368 Å². The molecule has 0 aromatic heterocycles. The van der Waals surface area contributed by atoms with Crippen LogP contribution in [0.2, 0.25) is 0 Å². The summed E-state index contributed by atoms with van der Waals surface area (Å²) in [4.78, 5) is 0. The van der Waals surface area contributed by atoms with Crippen molar-refractivity contribution in [1.29, 1.82) is 0 Å². The van der Waals surface area contributed by atoms with E-state index in [0.717, 1.165) is 19.3 Å². The van der Waals surface area contributed by atoms with Crippen molar-refractivity contribution < 1.29 is 0 Å². The van der Waals surface area contributed by atoms with Gasteiger partial charge in [-0.15, -0.1) is 0 Å². The summed E-state index contributed by atoms with van der Waals surface area (Å²) in [6.45, 7) is 21.7. The van der Waals surface area contributed by atoms with E-state index < -0.39 is 37.9 Å². The van der Waals surface area contributed by atoms with Crippen molar-refractivity contribution in [3.63, 3.8) is 0 Å². The lowest BCUT2D eigenvalue weighted by atomic mass is 9.18. The predicted molar refractivity (Wildman–Crippen MR) is 434 cm³/mol. The number of benzene rings is 13. The van der Waals surface area contributed by atoms with Crippen LogP contribution in [0, 0.1) is 27.6 Å². The molecule has 4 aliphatic carbocycles. The summed E-state index contributed by atoms with van der Waals surface area (Å²) in [5, 5.41) is 10.0. The van der Waals surface area contributed by atoms with Crippen LogP contribution in [-0.2, 0) is 22.7 Å². The van der Waals surface area contributed by atoms with Crippen molar-refractivity contribution in [1.82, 2.24) is 0 Å². The van der Waals surface area contributed by atoms with Gasteiger partial charge in [-0.3, -0.25) is 0 Å². The molecule has 102 heavy (non-hydrogen) atoms. The van der Waals surface area contributed by atoms with Crippen molar-refractivity contribution >= 4 is 65.4 Å². The second-order valence-electron chi connectivity index (χ2n) is 30.7. The Morgan fingerprint density at radius 1 is 0.353 bits per heavy atom. The number of allylic oxidation sites excluding steroid dienone is 12. The van der Waals surface area contributed by atoms with Crippen LogP contribution in [0.25, 0.3) is 65.4 Å². The first kappa shape index (κ1) is 64.7. The Hall–Kier alpha value is -10.7. The fraction of sp³-hybridized carbons (Fsp3) is 0.196. The fourth-order valence-corrected chi connectivity index (χ4v) is 22.1. The largest absolute Gasteiger partial charge is 0.0808 e. The van der Waals surface area contributed by atoms with Crippen LogP contribution in [0.3, 0.4) is 0 Å². The molecule has 0 amide bonds. The van der Waals surface area contributed by atoms with Crippen molar-refractivity contribution in [3.05, 3.63) is 418 Å². The lowest BCUT2D eigenvalue weighted by Gasteiger charge is -2.83. The van der Waals surface area contributed by atoms with Gasteiger partial charge in [0.2, 0.25) is 0 Å². The SMILES string of the molecule is CCCC1=C(c2ccccc2)C(c2ccccc2)=C(c2ccccc2)C2(Cc3ccccc3)C1=C(c1ccccc1)C(CC)=C1C(c3ccccc3)(c3cccc4cc5ccccc5cc34)C(C)(c3cccc4ccccc34)C(C)(C)C(C)(c3cccc4ccccc34)C12C1(C)C=CC=CC1C. The minimum Gasteiger partial charge on any atom is -0.0808 e. The summed E-state index contributed by atoms with van der Waals surface area (Å²) in [6, 6.07) is 127. The standard InChI is InChI=1S/C102H90/c1-9-40-85-90(74-46-19-12-20-47-74)92(76-50-23-14-24-51-76)93(77-52-25-15-26-53-77)100(69-71-42-17-11-18-43-71)94(85)91(75-48-21-13-22-49-75)82(10-2)95-101(81-59-27-16-28-60-81,89-65-39-58-80-67-78-54-29-30-55-79(78)68-86(80)89)98(7,87-63-37-56-72-44-31-33-61-83(72)87)96(4,5)99(8,88-64-38-57-73-45-32-34-62-84(73)88)102(95,100)97(6)66-36-35-41-70(97)3/h11-39,41-68,70H,9-10,40,69H2,1-8H3. The molecule has 4 aliphatic rings. The summed E-state index contributed by atoms with van der Waals surface area (Å²) in [5.41, 5.74) is 16.1. The van der Waals surface area contributed by atoms with Gasteiger partial charge in [0.25, 0.3) is 0 Å². The van der Waals surface area contributed by atoms with Crippen LogP contribution in [0.1, 0.15) is 125 Å². The Morgan fingerprint density at radius 2 is 0.804 bits per heavy atom. The lowest BCUT2D eigenvalue weighted by Crippen LogP contribution is -2.82. The molecular weight excluding hydrogens is 1230 g/mol. The normalized spacial score (nSPS) is 24.6. The highest BCUT2D eigenvalue weighted by Crippen LogP contribution is 2.90. The Kier molecular flexibility index (Phi) is 15.8. The van der Waals surface area contributed by atoms with E-state index in [9.17, 15) is 0 Å². The zero-order valence-electron chi connectivity index (χ0n) is 60.3. The van der Waals surface area contributed by atoms with Gasteiger partial charge in [-0.2, -0.15) is 0 Å². The minimum atomic E-state index is -1.07. The van der Waals surface area contributed by atoms with Crippen LogP contribution in [0.5, 0.6) is 0 Å². The second-order valence-corrected chi connectivity index (χ2v) is 30.7. The summed E-state index contributed by atoms with van der Waals surface area (Å²) in [6.07, 6.45) is 13.4. The van der Waals surface area contributed by atoms with E-state index in [0.29, 0.717) is 6.42 Å². The van der Waals surface area contributed by atoms with Crippen LogP contribution in [-0.4, -0.2) is 0 Å². The molecule has 7 atom stereocenters. The first-order valence-corrected chi connectivity index (χ1v) is 37.4. The van der Waals surface area contributed by atoms with E-state index in [2.05, 4.69) is 401 Å². The van der Waals surface area contributed by atoms with Gasteiger partial charge in [0.05, 0.1) is 5.41 Å². The lowest BCUT2D eigenvalue weighted by molar-refractivity contribution is -0.172. The van der Waals surface area contributed by atoms with Gasteiger partial charge in [0.15, 0.2) is 0 Å². The highest BCUT2D eigenvalue weighted by atomic mass is 14.9. The molecule has 0 heteroatoms. The molecule has 0 N–H and O–H groups in total. The molecule has 0 heterocycles. The van der Waals surface area contributed by atoms with Gasteiger partial charge in [0.1, 0.15) is 0 Å². The average Bonchev–Trinajstić information content (AvgIpc) is 0.605. The van der Waals surface area contributed by atoms with Crippen LogP contribution < -0.4 is 0 Å². The third-order valence-electron chi connectivity index (χ3n) is 26.3. The molecule has 0 aliphatic heterocycles. The predicted octanol–water partition coefficient (Wildman–Crippen LogP) is 26.6. The first-order chi connectivity index (χ1) is 49.9. The number of rotatable bonds is 14. The maximum absolute atomic E-state index is 2.87. The van der Waals surface area contributed by atoms with Gasteiger partial charge in [-0.1, -0.05) is 395 Å². The second kappa shape index (κ2) is 24.9. The van der Waals surface area contributed by atoms with Gasteiger partial charge in [-0.05, 0) is 180 Å². The highest BCUT2D eigenvalue weighted by molar-refractivity contribution is 6.22. The number of hydrogen-bond donors (Lipinski definition) is 0. The van der Waals surface area contributed by atoms with E-state index in [4.69, 9.17) is 0 Å². The highest BCUT2D eigenvalue weighted by Gasteiger charge is 2.87. The Bertz CT molecular complexity index is 5600. The summed E-state index contributed by atoms with van der Waals surface area (Å²) >= 11 is 0. The summed E-state index contributed by atoms with van der Waals surface area (Å²) in [7, 11) is 0. The first-order valence-electron chi connectivity index (χ1n) is 37.4. The van der Waals surface area contributed by atoms with E-state index in [1.165, 1.54) is 138 Å². The van der Waals surface area contributed by atoms with Crippen molar-refractivity contribution in [2.75, 3.05) is 0 Å². The van der Waals surface area contributed by atoms with E-state index >= 15 is 0 Å². The quantitative estimate of drug-likeness (QED) is 0.0952. The molecular formula is C102H90. The molecule has 7 unspecified atom stereocenters. The Balaban J connectivity index is 1.31.